The third-order valence-electron chi connectivity index (χ3n) is 3.80. The van der Waals surface area contributed by atoms with Crippen LogP contribution in [0.1, 0.15) is 58.3 Å². The van der Waals surface area contributed by atoms with Crippen LogP contribution in [-0.2, 0) is 9.36 Å². The molecule has 0 spiro atoms. The van der Waals surface area contributed by atoms with Crippen LogP contribution < -0.4 is 5.32 Å². The lowest BCUT2D eigenvalue weighted by molar-refractivity contribution is -0.116. The minimum atomic E-state index is -4.06. The molecule has 0 fully saturated rings. The molecule has 0 aliphatic carbocycles. The molecular formula is C22H36NO4PS. The van der Waals surface area contributed by atoms with E-state index in [4.69, 9.17) is 9.79 Å². The van der Waals surface area contributed by atoms with Gasteiger partial charge in [0.25, 0.3) is 0 Å². The zero-order valence-electron chi connectivity index (χ0n) is 17.4. The molecule has 0 aromatic carbocycles. The van der Waals surface area contributed by atoms with E-state index >= 15 is 0 Å². The van der Waals surface area contributed by atoms with E-state index in [0.29, 0.717) is 11.4 Å². The van der Waals surface area contributed by atoms with Crippen molar-refractivity contribution >= 4 is 24.1 Å². The fourth-order valence-electron chi connectivity index (χ4n) is 2.32. The van der Waals surface area contributed by atoms with Gasteiger partial charge < -0.3 is 15.1 Å². The van der Waals surface area contributed by atoms with Crippen LogP contribution in [0.5, 0.6) is 0 Å². The second kappa shape index (κ2) is 20.0. The van der Waals surface area contributed by atoms with E-state index in [1.165, 1.54) is 51.0 Å². The van der Waals surface area contributed by atoms with Crippen molar-refractivity contribution in [1.82, 2.24) is 5.32 Å². The van der Waals surface area contributed by atoms with E-state index in [2.05, 4.69) is 24.4 Å². The van der Waals surface area contributed by atoms with Gasteiger partial charge in [0, 0.05) is 18.4 Å². The Labute approximate surface area is 180 Å². The molecule has 3 N–H and O–H groups in total. The summed E-state index contributed by atoms with van der Waals surface area (Å²) in [6.45, 7) is -1.61. The van der Waals surface area contributed by atoms with E-state index in [9.17, 15) is 9.36 Å². The summed E-state index contributed by atoms with van der Waals surface area (Å²) in [4.78, 5) is 28.8. The van der Waals surface area contributed by atoms with Gasteiger partial charge >= 0.3 is 6.80 Å². The van der Waals surface area contributed by atoms with Gasteiger partial charge in [0.2, 0.25) is 5.91 Å². The normalized spacial score (nSPS) is 13.1. The first kappa shape index (κ1) is 27.7. The van der Waals surface area contributed by atoms with Crippen molar-refractivity contribution in [1.29, 1.82) is 0 Å². The fraction of sp³-hybridized carbons (Fsp3) is 0.500. The molecule has 164 valence electrons. The fourth-order valence-corrected chi connectivity index (χ4v) is 3.74. The van der Waals surface area contributed by atoms with Gasteiger partial charge in [-0.25, -0.2) is 4.57 Å². The maximum Gasteiger partial charge on any atom is 0.384 e. The molecule has 0 atom stereocenters. The summed E-state index contributed by atoms with van der Waals surface area (Å²) in [6.07, 6.45) is 29.0. The van der Waals surface area contributed by atoms with Crippen molar-refractivity contribution in [2.45, 2.75) is 58.3 Å². The SMILES string of the molecule is CCCCCCCCCC=CC=CC=CC=CC=CC(=O)NCCSP(=O)(O)O. The standard InChI is InChI=1S/C22H36NO4PS/c1-2-3-4-5-6-7-8-9-10-11-12-13-14-15-16-17-18-19-22(24)23-20-21-29-28(25,26)27/h10-19H,2-9,20-21H2,1H3,(H,23,24)(H2,25,26,27). The lowest BCUT2D eigenvalue weighted by Gasteiger charge is -2.03. The smallest absolute Gasteiger partial charge is 0.352 e. The molecule has 0 bridgehead atoms. The van der Waals surface area contributed by atoms with E-state index in [1.807, 2.05) is 30.4 Å². The van der Waals surface area contributed by atoms with Crippen LogP contribution in [-0.4, -0.2) is 28.0 Å². The Morgan fingerprint density at radius 2 is 1.41 bits per heavy atom. The van der Waals surface area contributed by atoms with Gasteiger partial charge in [0.05, 0.1) is 0 Å². The molecule has 0 aromatic heterocycles. The zero-order chi connectivity index (χ0) is 21.6. The summed E-state index contributed by atoms with van der Waals surface area (Å²) in [5.74, 6) is -0.127. The number of carbonyl (C=O) groups excluding carboxylic acids is 1. The van der Waals surface area contributed by atoms with E-state index in [-0.39, 0.29) is 18.2 Å². The van der Waals surface area contributed by atoms with Gasteiger partial charge in [-0.3, -0.25) is 4.79 Å². The number of allylic oxidation sites excluding steroid dienone is 9. The first-order valence-electron chi connectivity index (χ1n) is 10.3. The van der Waals surface area contributed by atoms with Gasteiger partial charge in [0.1, 0.15) is 0 Å². The Hall–Kier alpha value is -1.33. The van der Waals surface area contributed by atoms with Crippen molar-refractivity contribution in [2.75, 3.05) is 12.3 Å². The first-order valence-corrected chi connectivity index (χ1v) is 13.5. The topological polar surface area (TPSA) is 86.6 Å². The molecule has 0 heterocycles. The molecule has 0 saturated heterocycles. The van der Waals surface area contributed by atoms with Gasteiger partial charge in [-0.1, -0.05) is 100 Å². The summed E-state index contributed by atoms with van der Waals surface area (Å²) < 4.78 is 10.6. The first-order chi connectivity index (χ1) is 14.0. The molecule has 0 aliphatic rings. The predicted octanol–water partition coefficient (Wildman–Crippen LogP) is 5.85. The van der Waals surface area contributed by atoms with Crippen LogP contribution in [0.15, 0.2) is 60.8 Å². The van der Waals surface area contributed by atoms with Crippen LogP contribution in [0.2, 0.25) is 0 Å². The average molecular weight is 442 g/mol. The summed E-state index contributed by atoms with van der Waals surface area (Å²) in [7, 11) is 0. The molecule has 5 nitrogen and oxygen atoms in total. The predicted molar refractivity (Wildman–Crippen MR) is 126 cm³/mol. The summed E-state index contributed by atoms with van der Waals surface area (Å²) in [5.41, 5.74) is 0. The highest BCUT2D eigenvalue weighted by atomic mass is 32.7. The second-order valence-electron chi connectivity index (χ2n) is 6.47. The van der Waals surface area contributed by atoms with E-state index < -0.39 is 6.80 Å². The van der Waals surface area contributed by atoms with Crippen LogP contribution >= 0.6 is 18.2 Å². The third kappa shape index (κ3) is 24.6. The molecule has 0 radical (unpaired) electrons. The van der Waals surface area contributed by atoms with E-state index in [1.54, 1.807) is 12.2 Å². The van der Waals surface area contributed by atoms with Crippen LogP contribution in [0, 0.1) is 0 Å². The number of amides is 1. The van der Waals surface area contributed by atoms with Crippen molar-refractivity contribution in [2.24, 2.45) is 0 Å². The summed E-state index contributed by atoms with van der Waals surface area (Å²) in [5, 5.41) is 2.55. The molecular weight excluding hydrogens is 405 g/mol. The largest absolute Gasteiger partial charge is 0.384 e. The maximum absolute atomic E-state index is 11.5. The number of hydrogen-bond donors (Lipinski definition) is 3. The monoisotopic (exact) mass is 441 g/mol. The van der Waals surface area contributed by atoms with Crippen molar-refractivity contribution < 1.29 is 19.1 Å². The Bertz CT molecular complexity index is 606. The molecule has 0 unspecified atom stereocenters. The van der Waals surface area contributed by atoms with Crippen LogP contribution in [0.3, 0.4) is 0 Å². The lowest BCUT2D eigenvalue weighted by atomic mass is 10.1. The number of carbonyl (C=O) groups is 1. The zero-order valence-corrected chi connectivity index (χ0v) is 19.1. The number of hydrogen-bond acceptors (Lipinski definition) is 3. The van der Waals surface area contributed by atoms with Gasteiger partial charge in [-0.15, -0.1) is 0 Å². The summed E-state index contributed by atoms with van der Waals surface area (Å²) >= 11 is 0.520. The highest BCUT2D eigenvalue weighted by Gasteiger charge is 2.12. The minimum absolute atomic E-state index is 0.169. The van der Waals surface area contributed by atoms with Crippen LogP contribution in [0.4, 0.5) is 0 Å². The van der Waals surface area contributed by atoms with E-state index in [0.717, 1.165) is 6.42 Å². The molecule has 0 rings (SSSR count). The van der Waals surface area contributed by atoms with Crippen molar-refractivity contribution in [3.8, 4) is 0 Å². The highest BCUT2D eigenvalue weighted by Crippen LogP contribution is 2.49. The molecule has 0 aromatic rings. The molecule has 1 amide bonds. The molecule has 0 saturated carbocycles. The molecule has 29 heavy (non-hydrogen) atoms. The van der Waals surface area contributed by atoms with Crippen LogP contribution in [0.25, 0.3) is 0 Å². The number of nitrogens with one attached hydrogen (secondary N) is 1. The van der Waals surface area contributed by atoms with Gasteiger partial charge in [0.15, 0.2) is 0 Å². The minimum Gasteiger partial charge on any atom is -0.352 e. The van der Waals surface area contributed by atoms with Crippen molar-refractivity contribution in [3.05, 3.63) is 60.8 Å². The maximum atomic E-state index is 11.5. The van der Waals surface area contributed by atoms with Crippen molar-refractivity contribution in [3.63, 3.8) is 0 Å². The lowest BCUT2D eigenvalue weighted by Crippen LogP contribution is -2.23. The summed E-state index contributed by atoms with van der Waals surface area (Å²) in [6, 6.07) is 0. The number of rotatable bonds is 17. The quantitative estimate of drug-likeness (QED) is 0.114. The molecule has 0 aliphatic heterocycles. The second-order valence-corrected chi connectivity index (χ2v) is 10.3. The highest BCUT2D eigenvalue weighted by molar-refractivity contribution is 8.54. The Morgan fingerprint density at radius 1 is 0.862 bits per heavy atom. The Kier molecular flexibility index (Phi) is 19.0. The Balaban J connectivity index is 3.69. The van der Waals surface area contributed by atoms with Gasteiger partial charge in [-0.05, 0) is 24.2 Å². The average Bonchev–Trinajstić information content (AvgIpc) is 2.67. The molecule has 7 heteroatoms. The number of unbranched alkanes of at least 4 members (excludes halogenated alkanes) is 7. The van der Waals surface area contributed by atoms with Gasteiger partial charge in [-0.2, -0.15) is 0 Å². The Morgan fingerprint density at radius 3 is 2.03 bits per heavy atom. The third-order valence-corrected chi connectivity index (χ3v) is 6.08.